The number of rotatable bonds is 3. The summed E-state index contributed by atoms with van der Waals surface area (Å²) in [6.45, 7) is 0. The highest BCUT2D eigenvalue weighted by Crippen LogP contribution is 2.38. The number of ether oxygens (including phenoxy) is 2. The van der Waals surface area contributed by atoms with Crippen LogP contribution in [0, 0.1) is 5.82 Å². The molecule has 0 aliphatic carbocycles. The Bertz CT molecular complexity index is 917. The largest absolute Gasteiger partial charge is 0.465 e. The van der Waals surface area contributed by atoms with E-state index in [1.807, 2.05) is 0 Å². The fourth-order valence-electron chi connectivity index (χ4n) is 2.98. The fourth-order valence-corrected chi connectivity index (χ4v) is 2.98. The maximum absolute atomic E-state index is 14.2. The molecule has 0 spiro atoms. The van der Waals surface area contributed by atoms with Crippen LogP contribution in [0.3, 0.4) is 0 Å². The molecule has 0 saturated carbocycles. The lowest BCUT2D eigenvalue weighted by Gasteiger charge is -2.28. The summed E-state index contributed by atoms with van der Waals surface area (Å²) >= 11 is 0. The lowest BCUT2D eigenvalue weighted by atomic mass is 10.0. The first-order valence-electron chi connectivity index (χ1n) is 8.13. The number of benzene rings is 1. The van der Waals surface area contributed by atoms with Gasteiger partial charge in [-0.3, -0.25) is 4.79 Å². The molecule has 0 saturated heterocycles. The topological polar surface area (TPSA) is 84.9 Å². The summed E-state index contributed by atoms with van der Waals surface area (Å²) in [7, 11) is 2.36. The van der Waals surface area contributed by atoms with Crippen LogP contribution in [0.2, 0.25) is 0 Å². The zero-order valence-corrected chi connectivity index (χ0v) is 14.7. The van der Waals surface area contributed by atoms with Gasteiger partial charge in [-0.25, -0.2) is 14.0 Å². The summed E-state index contributed by atoms with van der Waals surface area (Å²) in [4.78, 5) is 37.9. The van der Waals surface area contributed by atoms with Crippen LogP contribution < -0.4 is 10.2 Å². The minimum absolute atomic E-state index is 0.0607. The van der Waals surface area contributed by atoms with Crippen molar-refractivity contribution in [2.45, 2.75) is 12.8 Å². The number of methoxy groups -OCH3 is 2. The predicted octanol–water partition coefficient (Wildman–Crippen LogP) is 2.20. The maximum atomic E-state index is 14.2. The number of anilines is 2. The smallest absolute Gasteiger partial charge is 0.355 e. The number of halogens is 1. The van der Waals surface area contributed by atoms with Crippen molar-refractivity contribution in [1.82, 2.24) is 0 Å². The Kier molecular flexibility index (Phi) is 5.07. The van der Waals surface area contributed by atoms with Crippen LogP contribution in [-0.2, 0) is 30.3 Å². The van der Waals surface area contributed by atoms with E-state index in [-0.39, 0.29) is 29.3 Å². The van der Waals surface area contributed by atoms with E-state index >= 15 is 0 Å². The number of fused-ring (bicyclic) bond motifs is 1. The van der Waals surface area contributed by atoms with Gasteiger partial charge in [-0.2, -0.15) is 0 Å². The third-order valence-corrected chi connectivity index (χ3v) is 4.20. The highest BCUT2D eigenvalue weighted by molar-refractivity contribution is 6.07. The van der Waals surface area contributed by atoms with Crippen LogP contribution in [0.1, 0.15) is 12.0 Å². The third-order valence-electron chi connectivity index (χ3n) is 4.20. The molecule has 27 heavy (non-hydrogen) atoms. The first-order chi connectivity index (χ1) is 13.0. The number of carbonyl (C=O) groups is 3. The highest BCUT2D eigenvalue weighted by atomic mass is 19.1. The first-order valence-corrected chi connectivity index (χ1v) is 8.13. The van der Waals surface area contributed by atoms with Crippen molar-refractivity contribution in [3.05, 3.63) is 59.2 Å². The van der Waals surface area contributed by atoms with E-state index < -0.39 is 17.8 Å². The average Bonchev–Trinajstić information content (AvgIpc) is 2.89. The van der Waals surface area contributed by atoms with Crippen molar-refractivity contribution < 1.29 is 28.2 Å². The Hall–Kier alpha value is -3.42. The lowest BCUT2D eigenvalue weighted by Crippen LogP contribution is -2.29. The summed E-state index contributed by atoms with van der Waals surface area (Å²) in [5, 5.41) is 2.72. The molecule has 0 radical (unpaired) electrons. The summed E-state index contributed by atoms with van der Waals surface area (Å²) < 4.78 is 23.8. The van der Waals surface area contributed by atoms with Crippen LogP contribution in [0.25, 0.3) is 0 Å². The van der Waals surface area contributed by atoms with Gasteiger partial charge in [0.25, 0.3) is 0 Å². The number of nitrogens with zero attached hydrogens (tertiary/aromatic N) is 1. The van der Waals surface area contributed by atoms with E-state index in [4.69, 9.17) is 9.47 Å². The molecule has 0 fully saturated rings. The maximum Gasteiger partial charge on any atom is 0.355 e. The number of carbonyl (C=O) groups excluding carboxylic acids is 3. The number of hydrogen-bond donors (Lipinski definition) is 1. The zero-order valence-electron chi connectivity index (χ0n) is 14.7. The Morgan fingerprint density at radius 1 is 1.11 bits per heavy atom. The van der Waals surface area contributed by atoms with E-state index in [1.54, 1.807) is 12.2 Å². The van der Waals surface area contributed by atoms with Crippen molar-refractivity contribution >= 4 is 29.2 Å². The minimum atomic E-state index is -0.813. The normalized spacial score (nSPS) is 15.8. The molecule has 1 N–H and O–H groups in total. The molecular weight excluding hydrogens is 355 g/mol. The van der Waals surface area contributed by atoms with Crippen molar-refractivity contribution in [2.24, 2.45) is 0 Å². The second-order valence-corrected chi connectivity index (χ2v) is 5.82. The quantitative estimate of drug-likeness (QED) is 0.819. The Balaban J connectivity index is 2.25. The molecule has 1 aromatic carbocycles. The van der Waals surface area contributed by atoms with Crippen molar-refractivity contribution in [1.29, 1.82) is 0 Å². The van der Waals surface area contributed by atoms with E-state index in [0.717, 1.165) is 0 Å². The number of hydrogen-bond acceptors (Lipinski definition) is 6. The van der Waals surface area contributed by atoms with Crippen LogP contribution in [0.15, 0.2) is 47.8 Å². The lowest BCUT2D eigenvalue weighted by molar-refractivity contribution is -0.139. The van der Waals surface area contributed by atoms with Gasteiger partial charge in [0.1, 0.15) is 11.5 Å². The second kappa shape index (κ2) is 7.45. The second-order valence-electron chi connectivity index (χ2n) is 5.82. The van der Waals surface area contributed by atoms with E-state index in [2.05, 4.69) is 5.32 Å². The Morgan fingerprint density at radius 2 is 1.85 bits per heavy atom. The van der Waals surface area contributed by atoms with E-state index in [9.17, 15) is 18.8 Å². The van der Waals surface area contributed by atoms with Crippen molar-refractivity contribution in [2.75, 3.05) is 24.4 Å². The van der Waals surface area contributed by atoms with Gasteiger partial charge in [0.05, 0.1) is 31.2 Å². The molecule has 0 bridgehead atoms. The molecule has 2 heterocycles. The number of nitrogens with one attached hydrogen (secondary N) is 1. The minimum Gasteiger partial charge on any atom is -0.465 e. The number of aryl methyl sites for hydroxylation is 1. The molecular formula is C19H17FN2O5. The number of esters is 2. The molecule has 0 aromatic heterocycles. The predicted molar refractivity (Wildman–Crippen MR) is 95.2 cm³/mol. The van der Waals surface area contributed by atoms with Gasteiger partial charge in [-0.05, 0) is 30.2 Å². The van der Waals surface area contributed by atoms with Crippen LogP contribution >= 0.6 is 0 Å². The van der Waals surface area contributed by atoms with Gasteiger partial charge in [-0.1, -0.05) is 6.08 Å². The first kappa shape index (κ1) is 18.4. The molecule has 1 aromatic rings. The van der Waals surface area contributed by atoms with Crippen molar-refractivity contribution in [3.8, 4) is 0 Å². The number of amides is 1. The standard InChI is InChI=1S/C19H17FN2O5/c1-26-18(24)13-5-3-4-8-22(17(13)19(25)27-2)14-10-12(20)9-11-6-7-15(23)21-16(11)14/h3-5,8-10H,6-7H2,1-2H3,(H,21,23). The van der Waals surface area contributed by atoms with Crippen LogP contribution in [0.5, 0.6) is 0 Å². The van der Waals surface area contributed by atoms with Gasteiger partial charge in [-0.15, -0.1) is 0 Å². The fraction of sp³-hybridized carbons (Fsp3) is 0.211. The number of allylic oxidation sites excluding steroid dienone is 2. The molecule has 7 nitrogen and oxygen atoms in total. The van der Waals surface area contributed by atoms with E-state index in [0.29, 0.717) is 17.7 Å². The van der Waals surface area contributed by atoms with Gasteiger partial charge >= 0.3 is 11.9 Å². The van der Waals surface area contributed by atoms with Gasteiger partial charge < -0.3 is 19.7 Å². The molecule has 0 unspecified atom stereocenters. The van der Waals surface area contributed by atoms with Gasteiger partial charge in [0.15, 0.2) is 0 Å². The van der Waals surface area contributed by atoms with Crippen LogP contribution in [-0.4, -0.2) is 32.1 Å². The van der Waals surface area contributed by atoms with E-state index in [1.165, 1.54) is 43.5 Å². The molecule has 140 valence electrons. The molecule has 1 amide bonds. The zero-order chi connectivity index (χ0) is 19.6. The average molecular weight is 372 g/mol. The molecule has 2 aliphatic rings. The van der Waals surface area contributed by atoms with Crippen LogP contribution in [0.4, 0.5) is 15.8 Å². The Morgan fingerprint density at radius 3 is 2.56 bits per heavy atom. The summed E-state index contributed by atoms with van der Waals surface area (Å²) in [5.41, 5.74) is 0.972. The monoisotopic (exact) mass is 372 g/mol. The third kappa shape index (κ3) is 3.46. The summed E-state index contributed by atoms with van der Waals surface area (Å²) in [5.74, 6) is -2.32. The summed E-state index contributed by atoms with van der Waals surface area (Å²) in [6, 6.07) is 2.51. The molecule has 2 aliphatic heterocycles. The molecule has 0 atom stereocenters. The SMILES string of the molecule is COC(=O)C1=C(C(=O)OC)N(c2cc(F)cc3c2NC(=O)CC3)C=CC=C1. The van der Waals surface area contributed by atoms with Gasteiger partial charge in [0.2, 0.25) is 5.91 Å². The van der Waals surface area contributed by atoms with Crippen molar-refractivity contribution in [3.63, 3.8) is 0 Å². The summed E-state index contributed by atoms with van der Waals surface area (Å²) in [6.07, 6.45) is 6.59. The van der Waals surface area contributed by atoms with Gasteiger partial charge in [0, 0.05) is 18.7 Å². The molecule has 8 heteroatoms. The molecule has 3 rings (SSSR count). The highest BCUT2D eigenvalue weighted by Gasteiger charge is 2.30. The Labute approximate surface area is 154 Å².